The van der Waals surface area contributed by atoms with Gasteiger partial charge in [-0.25, -0.2) is 4.79 Å². The van der Waals surface area contributed by atoms with Crippen molar-refractivity contribution in [1.82, 2.24) is 0 Å². The Morgan fingerprint density at radius 1 is 1.21 bits per heavy atom. The molecule has 100 valence electrons. The summed E-state index contributed by atoms with van der Waals surface area (Å²) in [4.78, 5) is 11.0. The topological polar surface area (TPSA) is 96.6 Å². The Morgan fingerprint density at radius 2 is 1.89 bits per heavy atom. The monoisotopic (exact) mass is 345 g/mol. The van der Waals surface area contributed by atoms with Gasteiger partial charge in [0.2, 0.25) is 5.09 Å². The number of halogens is 1. The van der Waals surface area contributed by atoms with E-state index in [1.54, 1.807) is 0 Å². The summed E-state index contributed by atoms with van der Waals surface area (Å²) in [7, 11) is -3.96. The minimum atomic E-state index is -3.96. The van der Waals surface area contributed by atoms with Gasteiger partial charge in [-0.2, -0.15) is 8.42 Å². The average Bonchev–Trinajstić information content (AvgIpc) is 2.76. The summed E-state index contributed by atoms with van der Waals surface area (Å²) >= 11 is 2.99. The van der Waals surface area contributed by atoms with Gasteiger partial charge in [0.05, 0.1) is 11.3 Å². The molecule has 0 radical (unpaired) electrons. The SMILES string of the molecule is O=C(O)c1ccccc1NS(=O)(=O)c1ccc(Br)o1. The molecular weight excluding hydrogens is 338 g/mol. The largest absolute Gasteiger partial charge is 0.478 e. The molecule has 0 aliphatic carbocycles. The third kappa shape index (κ3) is 2.96. The highest BCUT2D eigenvalue weighted by Crippen LogP contribution is 2.23. The lowest BCUT2D eigenvalue weighted by Gasteiger charge is -2.08. The summed E-state index contributed by atoms with van der Waals surface area (Å²) < 4.78 is 31.3. The molecule has 2 rings (SSSR count). The van der Waals surface area contributed by atoms with Gasteiger partial charge >= 0.3 is 5.97 Å². The minimum absolute atomic E-state index is 0.0254. The van der Waals surface area contributed by atoms with E-state index >= 15 is 0 Å². The van der Waals surface area contributed by atoms with Crippen LogP contribution in [0.15, 0.2) is 50.6 Å². The molecule has 0 unspecified atom stereocenters. The van der Waals surface area contributed by atoms with Crippen molar-refractivity contribution in [2.24, 2.45) is 0 Å². The van der Waals surface area contributed by atoms with Gasteiger partial charge in [0.25, 0.3) is 10.0 Å². The lowest BCUT2D eigenvalue weighted by molar-refractivity contribution is 0.0698. The molecule has 0 saturated carbocycles. The first-order valence-corrected chi connectivity index (χ1v) is 7.28. The Morgan fingerprint density at radius 3 is 2.47 bits per heavy atom. The van der Waals surface area contributed by atoms with E-state index in [1.807, 2.05) is 0 Å². The number of para-hydroxylation sites is 1. The van der Waals surface area contributed by atoms with Crippen LogP contribution in [0.2, 0.25) is 0 Å². The third-order valence-corrected chi connectivity index (χ3v) is 3.88. The van der Waals surface area contributed by atoms with Gasteiger partial charge in [-0.05, 0) is 40.2 Å². The van der Waals surface area contributed by atoms with E-state index in [1.165, 1.54) is 36.4 Å². The van der Waals surface area contributed by atoms with Crippen LogP contribution in [-0.4, -0.2) is 19.5 Å². The predicted octanol–water partition coefficient (Wildman–Crippen LogP) is 2.54. The van der Waals surface area contributed by atoms with Gasteiger partial charge in [-0.3, -0.25) is 4.72 Å². The number of carbonyl (C=O) groups is 1. The highest BCUT2D eigenvalue weighted by atomic mass is 79.9. The molecule has 1 aromatic heterocycles. The van der Waals surface area contributed by atoms with Crippen LogP contribution >= 0.6 is 15.9 Å². The first-order valence-electron chi connectivity index (χ1n) is 5.00. The van der Waals surface area contributed by atoms with Crippen molar-refractivity contribution >= 4 is 37.6 Å². The summed E-state index contributed by atoms with van der Waals surface area (Å²) in [5.41, 5.74) is -0.167. The number of aromatic carboxylic acids is 1. The molecule has 0 fully saturated rings. The van der Waals surface area contributed by atoms with Crippen molar-refractivity contribution in [1.29, 1.82) is 0 Å². The van der Waals surface area contributed by atoms with E-state index in [9.17, 15) is 13.2 Å². The zero-order chi connectivity index (χ0) is 14.0. The summed E-state index contributed by atoms with van der Waals surface area (Å²) in [5.74, 6) is -1.22. The second-order valence-corrected chi connectivity index (χ2v) is 5.91. The molecule has 0 amide bonds. The van der Waals surface area contributed by atoms with Crippen molar-refractivity contribution in [3.05, 3.63) is 46.6 Å². The maximum Gasteiger partial charge on any atom is 0.337 e. The Bertz CT molecular complexity index is 722. The van der Waals surface area contributed by atoms with Gasteiger partial charge in [-0.1, -0.05) is 12.1 Å². The lowest BCUT2D eigenvalue weighted by atomic mass is 10.2. The minimum Gasteiger partial charge on any atom is -0.478 e. The Kier molecular flexibility index (Phi) is 3.63. The Labute approximate surface area is 117 Å². The van der Waals surface area contributed by atoms with Gasteiger partial charge in [0.1, 0.15) is 0 Å². The Hall–Kier alpha value is -1.80. The fourth-order valence-electron chi connectivity index (χ4n) is 1.40. The zero-order valence-electron chi connectivity index (χ0n) is 9.33. The molecule has 0 aliphatic rings. The van der Waals surface area contributed by atoms with Crippen LogP contribution < -0.4 is 4.72 Å². The van der Waals surface area contributed by atoms with E-state index in [2.05, 4.69) is 20.7 Å². The summed E-state index contributed by atoms with van der Waals surface area (Å²) in [6.45, 7) is 0. The zero-order valence-corrected chi connectivity index (χ0v) is 11.7. The summed E-state index contributed by atoms with van der Waals surface area (Å²) in [6.07, 6.45) is 0. The fourth-order valence-corrected chi connectivity index (χ4v) is 2.82. The predicted molar refractivity (Wildman–Crippen MR) is 70.6 cm³/mol. The molecule has 0 bridgehead atoms. The number of rotatable bonds is 4. The smallest absolute Gasteiger partial charge is 0.337 e. The average molecular weight is 346 g/mol. The number of benzene rings is 1. The lowest BCUT2D eigenvalue weighted by Crippen LogP contribution is -2.14. The second kappa shape index (κ2) is 5.06. The first kappa shape index (κ1) is 13.6. The number of furan rings is 1. The van der Waals surface area contributed by atoms with Crippen molar-refractivity contribution in [2.75, 3.05) is 4.72 Å². The number of hydrogen-bond acceptors (Lipinski definition) is 4. The number of carboxylic acids is 1. The van der Waals surface area contributed by atoms with E-state index in [0.717, 1.165) is 0 Å². The molecular formula is C11H8BrNO5S. The van der Waals surface area contributed by atoms with E-state index in [4.69, 9.17) is 9.52 Å². The van der Waals surface area contributed by atoms with Crippen LogP contribution in [-0.2, 0) is 10.0 Å². The van der Waals surface area contributed by atoms with Crippen molar-refractivity contribution in [3.63, 3.8) is 0 Å². The van der Waals surface area contributed by atoms with Gasteiger partial charge in [0.15, 0.2) is 4.67 Å². The summed E-state index contributed by atoms with van der Waals surface area (Å²) in [5, 5.41) is 8.67. The van der Waals surface area contributed by atoms with E-state index in [-0.39, 0.29) is 21.0 Å². The Balaban J connectivity index is 2.39. The fraction of sp³-hybridized carbons (Fsp3) is 0. The van der Waals surface area contributed by atoms with Crippen LogP contribution in [0.25, 0.3) is 0 Å². The van der Waals surface area contributed by atoms with Crippen LogP contribution in [0.3, 0.4) is 0 Å². The van der Waals surface area contributed by atoms with Crippen molar-refractivity contribution in [3.8, 4) is 0 Å². The molecule has 19 heavy (non-hydrogen) atoms. The standard InChI is InChI=1S/C11H8BrNO5S/c12-9-5-6-10(18-9)19(16,17)13-8-4-2-1-3-7(8)11(14)15/h1-6,13H,(H,14,15). The molecule has 2 aromatic rings. The number of hydrogen-bond donors (Lipinski definition) is 2. The molecule has 0 spiro atoms. The molecule has 0 atom stereocenters. The quantitative estimate of drug-likeness (QED) is 0.887. The van der Waals surface area contributed by atoms with Crippen LogP contribution in [0.1, 0.15) is 10.4 Å². The van der Waals surface area contributed by atoms with Gasteiger partial charge < -0.3 is 9.52 Å². The van der Waals surface area contributed by atoms with Crippen LogP contribution in [0.4, 0.5) is 5.69 Å². The summed E-state index contributed by atoms with van der Waals surface area (Å²) in [6, 6.07) is 8.39. The highest BCUT2D eigenvalue weighted by Gasteiger charge is 2.21. The van der Waals surface area contributed by atoms with Gasteiger partial charge in [-0.15, -0.1) is 0 Å². The second-order valence-electron chi connectivity index (χ2n) is 3.51. The molecule has 2 N–H and O–H groups in total. The van der Waals surface area contributed by atoms with Crippen molar-refractivity contribution < 1.29 is 22.7 Å². The van der Waals surface area contributed by atoms with Crippen LogP contribution in [0.5, 0.6) is 0 Å². The molecule has 1 heterocycles. The maximum absolute atomic E-state index is 12.0. The van der Waals surface area contributed by atoms with Gasteiger partial charge in [0, 0.05) is 0 Å². The van der Waals surface area contributed by atoms with E-state index < -0.39 is 16.0 Å². The van der Waals surface area contributed by atoms with E-state index in [0.29, 0.717) is 0 Å². The molecule has 0 saturated heterocycles. The number of carboxylic acid groups (broad SMARTS) is 1. The molecule has 0 aliphatic heterocycles. The first-order chi connectivity index (χ1) is 8.90. The number of anilines is 1. The number of nitrogens with one attached hydrogen (secondary N) is 1. The maximum atomic E-state index is 12.0. The third-order valence-electron chi connectivity index (χ3n) is 2.22. The molecule has 8 heteroatoms. The molecule has 6 nitrogen and oxygen atoms in total. The molecule has 1 aromatic carbocycles. The normalized spacial score (nSPS) is 11.2. The van der Waals surface area contributed by atoms with Crippen LogP contribution in [0, 0.1) is 0 Å². The number of sulfonamides is 1. The highest BCUT2D eigenvalue weighted by molar-refractivity contribution is 9.10. The van der Waals surface area contributed by atoms with Crippen molar-refractivity contribution in [2.45, 2.75) is 5.09 Å².